The molecule has 156 valence electrons. The van der Waals surface area contributed by atoms with Crippen molar-refractivity contribution in [1.29, 1.82) is 0 Å². The maximum atomic E-state index is 14.1. The van der Waals surface area contributed by atoms with Crippen LogP contribution in [0.3, 0.4) is 0 Å². The lowest BCUT2D eigenvalue weighted by molar-refractivity contribution is -0.174. The van der Waals surface area contributed by atoms with Crippen LogP contribution in [0.2, 0.25) is 0 Å². The molecule has 2 aromatic carbocycles. The quantitative estimate of drug-likeness (QED) is 0.480. The van der Waals surface area contributed by atoms with Crippen molar-refractivity contribution in [3.63, 3.8) is 0 Å². The van der Waals surface area contributed by atoms with Gasteiger partial charge in [0.1, 0.15) is 5.82 Å². The highest BCUT2D eigenvalue weighted by atomic mass is 32.2. The number of hydrogen-bond donors (Lipinski definition) is 3. The first-order valence-electron chi connectivity index (χ1n) is 7.99. The molecule has 0 saturated heterocycles. The topological polar surface area (TPSA) is 104 Å². The normalized spacial score (nSPS) is 11.6. The minimum absolute atomic E-state index is 0.0145. The minimum atomic E-state index is -5.19. The van der Waals surface area contributed by atoms with Crippen LogP contribution in [0.1, 0.15) is 15.9 Å². The number of rotatable bonds is 6. The zero-order valence-corrected chi connectivity index (χ0v) is 15.4. The third-order valence-corrected chi connectivity index (χ3v) is 4.84. The summed E-state index contributed by atoms with van der Waals surface area (Å²) in [5, 5.41) is 0. The zero-order valence-electron chi connectivity index (χ0n) is 14.6. The summed E-state index contributed by atoms with van der Waals surface area (Å²) < 4.78 is 76.8. The molecule has 0 aromatic heterocycles. The van der Waals surface area contributed by atoms with Crippen molar-refractivity contribution in [2.24, 2.45) is 0 Å². The molecule has 0 saturated carbocycles. The number of alkyl halides is 3. The first kappa shape index (κ1) is 22.1. The summed E-state index contributed by atoms with van der Waals surface area (Å²) in [5.74, 6) is -4.92. The number of nitrogens with one attached hydrogen (secondary N) is 3. The summed E-state index contributed by atoms with van der Waals surface area (Å²) >= 11 is 0. The van der Waals surface area contributed by atoms with E-state index in [4.69, 9.17) is 0 Å². The van der Waals surface area contributed by atoms with Gasteiger partial charge in [-0.05, 0) is 36.2 Å². The van der Waals surface area contributed by atoms with Crippen molar-refractivity contribution < 1.29 is 35.6 Å². The van der Waals surface area contributed by atoms with Crippen molar-refractivity contribution in [3.8, 4) is 0 Å². The number of amides is 2. The first-order chi connectivity index (χ1) is 13.5. The van der Waals surface area contributed by atoms with Crippen molar-refractivity contribution in [2.75, 3.05) is 10.5 Å². The average Bonchev–Trinajstić information content (AvgIpc) is 2.64. The second kappa shape index (κ2) is 8.90. The number of hydrazine groups is 1. The van der Waals surface area contributed by atoms with E-state index in [1.54, 1.807) is 30.3 Å². The fourth-order valence-electron chi connectivity index (χ4n) is 2.13. The second-order valence-corrected chi connectivity index (χ2v) is 7.59. The Kier molecular flexibility index (Phi) is 6.80. The van der Waals surface area contributed by atoms with Gasteiger partial charge in [0.2, 0.25) is 10.0 Å². The molecule has 0 radical (unpaired) electrons. The van der Waals surface area contributed by atoms with E-state index in [0.717, 1.165) is 23.6 Å². The number of carbonyl (C=O) groups excluding carboxylic acids is 2. The molecule has 0 aliphatic heterocycles. The van der Waals surface area contributed by atoms with Crippen LogP contribution in [0.15, 0.2) is 48.5 Å². The molecule has 0 fully saturated rings. The summed E-state index contributed by atoms with van der Waals surface area (Å²) in [7, 11) is -3.76. The van der Waals surface area contributed by atoms with Gasteiger partial charge in [-0.2, -0.15) is 13.2 Å². The molecular weight excluding hydrogens is 418 g/mol. The lowest BCUT2D eigenvalue weighted by Crippen LogP contribution is -2.47. The Hall–Kier alpha value is -3.15. The predicted molar refractivity (Wildman–Crippen MR) is 95.6 cm³/mol. The molecule has 0 unspecified atom stereocenters. The van der Waals surface area contributed by atoms with Crippen molar-refractivity contribution in [2.45, 2.75) is 12.6 Å². The highest BCUT2D eigenvalue weighted by Gasteiger charge is 2.39. The summed E-state index contributed by atoms with van der Waals surface area (Å²) in [6, 6.07) is 11.0. The molecule has 2 amide bonds. The predicted octanol–water partition coefficient (Wildman–Crippen LogP) is 2.13. The Morgan fingerprint density at radius 3 is 2.21 bits per heavy atom. The van der Waals surface area contributed by atoms with Crippen molar-refractivity contribution in [1.82, 2.24) is 10.9 Å². The van der Waals surface area contributed by atoms with Crippen LogP contribution < -0.4 is 15.6 Å². The van der Waals surface area contributed by atoms with E-state index in [1.165, 1.54) is 5.43 Å². The van der Waals surface area contributed by atoms with Crippen LogP contribution in [-0.2, 0) is 21.2 Å². The van der Waals surface area contributed by atoms with Crippen LogP contribution in [-0.4, -0.2) is 32.2 Å². The first-order valence-corrected chi connectivity index (χ1v) is 9.64. The number of sulfonamides is 1. The monoisotopic (exact) mass is 433 g/mol. The van der Waals surface area contributed by atoms with Crippen molar-refractivity contribution >= 4 is 27.5 Å². The highest BCUT2D eigenvalue weighted by Crippen LogP contribution is 2.15. The zero-order chi connectivity index (χ0) is 21.7. The molecule has 29 heavy (non-hydrogen) atoms. The van der Waals surface area contributed by atoms with Gasteiger partial charge in [0.25, 0.3) is 5.91 Å². The lowest BCUT2D eigenvalue weighted by Gasteiger charge is -2.11. The van der Waals surface area contributed by atoms with E-state index in [1.807, 2.05) is 0 Å². The molecule has 0 heterocycles. The molecule has 7 nitrogen and oxygen atoms in total. The van der Waals surface area contributed by atoms with E-state index < -0.39 is 39.6 Å². The maximum absolute atomic E-state index is 14.1. The van der Waals surface area contributed by atoms with Gasteiger partial charge in [0.05, 0.1) is 5.75 Å². The van der Waals surface area contributed by atoms with Gasteiger partial charge < -0.3 is 0 Å². The van der Waals surface area contributed by atoms with E-state index in [2.05, 4.69) is 4.72 Å². The van der Waals surface area contributed by atoms with Crippen LogP contribution in [0.25, 0.3) is 0 Å². The Morgan fingerprint density at radius 2 is 1.62 bits per heavy atom. The van der Waals surface area contributed by atoms with Gasteiger partial charge >= 0.3 is 12.1 Å². The Labute approximate surface area is 163 Å². The van der Waals surface area contributed by atoms with Gasteiger partial charge in [-0.3, -0.25) is 25.2 Å². The minimum Gasteiger partial charge on any atom is -0.284 e. The Balaban J connectivity index is 1.97. The summed E-state index contributed by atoms with van der Waals surface area (Å²) in [6.07, 6.45) is -5.40. The third-order valence-electron chi connectivity index (χ3n) is 3.55. The molecule has 2 rings (SSSR count). The molecule has 0 spiro atoms. The standard InChI is InChI=1S/C17H15F4N3O4S/c18-14-10-12(15(25)22-23-16(26)17(19,20)21)7-6-11(14)8-9-29(27,28)24-13-4-2-1-3-5-13/h1-7,10,24H,8-9H2,(H,22,25)(H,23,26). The molecule has 0 atom stereocenters. The maximum Gasteiger partial charge on any atom is 0.472 e. The number of para-hydroxylation sites is 1. The molecule has 0 aliphatic carbocycles. The van der Waals surface area contributed by atoms with Crippen LogP contribution >= 0.6 is 0 Å². The van der Waals surface area contributed by atoms with Crippen LogP contribution in [0.5, 0.6) is 0 Å². The molecule has 2 aromatic rings. The summed E-state index contributed by atoms with van der Waals surface area (Å²) in [4.78, 5) is 22.3. The van der Waals surface area contributed by atoms with E-state index in [-0.39, 0.29) is 17.5 Å². The molecule has 12 heteroatoms. The van der Waals surface area contributed by atoms with Gasteiger partial charge in [0, 0.05) is 11.3 Å². The number of anilines is 1. The second-order valence-electron chi connectivity index (χ2n) is 5.75. The number of carbonyl (C=O) groups is 2. The number of benzene rings is 2. The molecule has 0 aliphatic rings. The van der Waals surface area contributed by atoms with E-state index in [9.17, 15) is 35.6 Å². The Morgan fingerprint density at radius 1 is 0.966 bits per heavy atom. The van der Waals surface area contributed by atoms with E-state index in [0.29, 0.717) is 5.69 Å². The van der Waals surface area contributed by atoms with Gasteiger partial charge in [-0.25, -0.2) is 12.8 Å². The summed E-state index contributed by atoms with van der Waals surface area (Å²) in [6.45, 7) is 0. The van der Waals surface area contributed by atoms with Crippen molar-refractivity contribution in [3.05, 3.63) is 65.5 Å². The largest absolute Gasteiger partial charge is 0.472 e. The Bertz CT molecular complexity index is 995. The molecular formula is C17H15F4N3O4S. The fourth-order valence-corrected chi connectivity index (χ4v) is 3.21. The lowest BCUT2D eigenvalue weighted by atomic mass is 10.1. The number of hydrogen-bond acceptors (Lipinski definition) is 4. The smallest absolute Gasteiger partial charge is 0.284 e. The van der Waals surface area contributed by atoms with Gasteiger partial charge in [-0.15, -0.1) is 0 Å². The van der Waals surface area contributed by atoms with Gasteiger partial charge in [0.15, 0.2) is 0 Å². The number of halogens is 4. The molecule has 0 bridgehead atoms. The van der Waals surface area contributed by atoms with Crippen LogP contribution in [0.4, 0.5) is 23.2 Å². The van der Waals surface area contributed by atoms with E-state index >= 15 is 0 Å². The summed E-state index contributed by atoms with van der Waals surface area (Å²) in [5.41, 5.74) is 2.63. The SMILES string of the molecule is O=C(NNC(=O)C(F)(F)F)c1ccc(CCS(=O)(=O)Nc2ccccc2)c(F)c1. The molecule has 3 N–H and O–H groups in total. The number of aryl methyl sites for hydroxylation is 1. The van der Waals surface area contributed by atoms with Gasteiger partial charge in [-0.1, -0.05) is 24.3 Å². The third kappa shape index (κ3) is 6.75. The highest BCUT2D eigenvalue weighted by molar-refractivity contribution is 7.92. The fraction of sp³-hybridized carbons (Fsp3) is 0.176. The average molecular weight is 433 g/mol. The van der Waals surface area contributed by atoms with Crippen LogP contribution in [0, 0.1) is 5.82 Å².